The van der Waals surface area contributed by atoms with E-state index in [4.69, 9.17) is 15.6 Å². The summed E-state index contributed by atoms with van der Waals surface area (Å²) in [6, 6.07) is 6.17. The van der Waals surface area contributed by atoms with Crippen LogP contribution in [0.3, 0.4) is 0 Å². The Hall–Kier alpha value is -2.06. The van der Waals surface area contributed by atoms with Crippen LogP contribution in [0.15, 0.2) is 22.0 Å². The molecule has 0 spiro atoms. The van der Waals surface area contributed by atoms with E-state index in [1.807, 2.05) is 24.4 Å². The van der Waals surface area contributed by atoms with Crippen LogP contribution in [0, 0.1) is 11.3 Å². The van der Waals surface area contributed by atoms with Gasteiger partial charge in [0, 0.05) is 15.8 Å². The van der Waals surface area contributed by atoms with Crippen molar-refractivity contribution in [2.24, 2.45) is 5.73 Å². The van der Waals surface area contributed by atoms with E-state index in [0.29, 0.717) is 12.4 Å². The van der Waals surface area contributed by atoms with Crippen LogP contribution in [-0.4, -0.2) is 27.6 Å². The molecule has 0 fully saturated rings. The maximum absolute atomic E-state index is 9.18. The number of nitriles is 1. The normalized spacial score (nSPS) is 11.3. The van der Waals surface area contributed by atoms with E-state index < -0.39 is 0 Å². The first kappa shape index (κ1) is 20.3. The van der Waals surface area contributed by atoms with Gasteiger partial charge in [-0.05, 0) is 40.7 Å². The minimum atomic E-state index is -0.250. The molecule has 0 aliphatic carbocycles. The van der Waals surface area contributed by atoms with E-state index in [-0.39, 0.29) is 18.3 Å². The zero-order valence-corrected chi connectivity index (χ0v) is 17.0. The van der Waals surface area contributed by atoms with E-state index in [1.54, 1.807) is 22.7 Å². The summed E-state index contributed by atoms with van der Waals surface area (Å²) in [5.74, 6) is 0.860. The third-order valence-electron chi connectivity index (χ3n) is 3.16. The third kappa shape index (κ3) is 4.98. The zero-order valence-electron chi connectivity index (χ0n) is 13.8. The van der Waals surface area contributed by atoms with Gasteiger partial charge >= 0.3 is 0 Å². The highest BCUT2D eigenvalue weighted by Gasteiger charge is 2.18. The summed E-state index contributed by atoms with van der Waals surface area (Å²) < 4.78 is 1.86. The molecule has 0 aromatic carbocycles. The molecule has 0 radical (unpaired) electrons. The average Bonchev–Trinajstić information content (AvgIpc) is 3.22. The third-order valence-corrected chi connectivity index (χ3v) is 6.36. The maximum Gasteiger partial charge on any atom is 0.290 e. The summed E-state index contributed by atoms with van der Waals surface area (Å²) in [5, 5.41) is 21.4. The number of carboxylic acid groups (broad SMARTS) is 1. The number of aromatic nitrogens is 2. The predicted octanol–water partition coefficient (Wildman–Crippen LogP) is 3.59. The van der Waals surface area contributed by atoms with Gasteiger partial charge in [0.1, 0.15) is 17.4 Å². The van der Waals surface area contributed by atoms with E-state index in [9.17, 15) is 5.26 Å². The number of rotatable bonds is 5. The van der Waals surface area contributed by atoms with Crippen LogP contribution in [0.1, 0.15) is 22.5 Å². The number of fused-ring (bicyclic) bond motifs is 1. The summed E-state index contributed by atoms with van der Waals surface area (Å²) in [4.78, 5) is 19.4. The Morgan fingerprint density at radius 1 is 1.54 bits per heavy atom. The highest BCUT2D eigenvalue weighted by Crippen LogP contribution is 2.38. The van der Waals surface area contributed by atoms with Crippen LogP contribution in [0.5, 0.6) is 0 Å². The van der Waals surface area contributed by atoms with Crippen molar-refractivity contribution in [3.05, 3.63) is 37.6 Å². The first-order valence-corrected chi connectivity index (χ1v) is 9.97. The predicted molar refractivity (Wildman–Crippen MR) is 108 cm³/mol. The highest BCUT2D eigenvalue weighted by atomic mass is 79.9. The summed E-state index contributed by atoms with van der Waals surface area (Å²) >= 11 is 6.89. The number of anilines is 1. The number of hydrogen-bond donors (Lipinski definition) is 3. The molecule has 3 rings (SSSR count). The summed E-state index contributed by atoms with van der Waals surface area (Å²) in [6.45, 7) is 2.39. The summed E-state index contributed by atoms with van der Waals surface area (Å²) in [7, 11) is 0. The fourth-order valence-electron chi connectivity index (χ4n) is 2.17. The quantitative estimate of drug-likeness (QED) is 0.503. The largest absolute Gasteiger partial charge is 0.483 e. The van der Waals surface area contributed by atoms with E-state index in [1.165, 1.54) is 4.88 Å². The molecule has 10 heteroatoms. The van der Waals surface area contributed by atoms with Crippen LogP contribution in [0.4, 0.5) is 5.82 Å². The molecule has 0 saturated heterocycles. The van der Waals surface area contributed by atoms with Crippen molar-refractivity contribution in [2.45, 2.75) is 25.9 Å². The van der Waals surface area contributed by atoms with Gasteiger partial charge in [-0.25, -0.2) is 9.97 Å². The van der Waals surface area contributed by atoms with Crippen LogP contribution < -0.4 is 11.1 Å². The number of thiophene rings is 2. The van der Waals surface area contributed by atoms with Gasteiger partial charge in [-0.15, -0.1) is 22.7 Å². The van der Waals surface area contributed by atoms with Crippen LogP contribution in [-0.2, 0) is 17.8 Å². The molecule has 1 atom stereocenters. The number of carbonyl (C=O) groups is 1. The molecule has 26 heavy (non-hydrogen) atoms. The summed E-state index contributed by atoms with van der Waals surface area (Å²) in [5.41, 5.74) is 6.68. The molecule has 136 valence electrons. The molecule has 0 aliphatic heterocycles. The van der Waals surface area contributed by atoms with Crippen molar-refractivity contribution in [1.29, 1.82) is 5.26 Å². The number of halogens is 1. The van der Waals surface area contributed by atoms with Crippen molar-refractivity contribution in [1.82, 2.24) is 9.97 Å². The first-order chi connectivity index (χ1) is 12.5. The Labute approximate surface area is 166 Å². The molecule has 0 bridgehead atoms. The van der Waals surface area contributed by atoms with Crippen molar-refractivity contribution in [3.63, 3.8) is 0 Å². The lowest BCUT2D eigenvalue weighted by Gasteiger charge is -2.05. The molecule has 0 aliphatic rings. The Morgan fingerprint density at radius 3 is 2.85 bits per heavy atom. The number of nitrogens with one attached hydrogen (secondary N) is 1. The van der Waals surface area contributed by atoms with Crippen molar-refractivity contribution in [3.8, 4) is 6.07 Å². The smallest absolute Gasteiger partial charge is 0.290 e. The monoisotopic (exact) mass is 453 g/mol. The second-order valence-corrected chi connectivity index (χ2v) is 8.17. The van der Waals surface area contributed by atoms with Gasteiger partial charge in [-0.3, -0.25) is 4.79 Å². The Kier molecular flexibility index (Phi) is 7.47. The standard InChI is InChI=1S/C15H14BrN5S2.CH2O2/c1-8(18)5-10-12(16)13-14(23-10)15(21-11(6-17)20-13)19-7-9-3-2-4-22-9;2-1-3/h2-4,8H,5,7,18H2,1H3,(H,19,20,21);1H,(H,2,3). The van der Waals surface area contributed by atoms with Crippen LogP contribution in [0.25, 0.3) is 10.2 Å². The number of nitrogens with zero attached hydrogens (tertiary/aromatic N) is 3. The van der Waals surface area contributed by atoms with Gasteiger partial charge in [0.25, 0.3) is 6.47 Å². The molecule has 3 heterocycles. The lowest BCUT2D eigenvalue weighted by Crippen LogP contribution is -2.17. The van der Waals surface area contributed by atoms with Gasteiger partial charge in [0.05, 0.1) is 15.7 Å². The van der Waals surface area contributed by atoms with Gasteiger partial charge in [0.2, 0.25) is 5.82 Å². The fourth-order valence-corrected chi connectivity index (χ4v) is 4.88. The van der Waals surface area contributed by atoms with Crippen LogP contribution >= 0.6 is 38.6 Å². The van der Waals surface area contributed by atoms with Gasteiger partial charge < -0.3 is 16.2 Å². The summed E-state index contributed by atoms with van der Waals surface area (Å²) in [6.07, 6.45) is 0.758. The Balaban J connectivity index is 0.000000758. The van der Waals surface area contributed by atoms with E-state index in [2.05, 4.69) is 37.3 Å². The second kappa shape index (κ2) is 9.59. The van der Waals surface area contributed by atoms with Crippen LogP contribution in [0.2, 0.25) is 0 Å². The van der Waals surface area contributed by atoms with Crippen molar-refractivity contribution < 1.29 is 9.90 Å². The lowest BCUT2D eigenvalue weighted by atomic mass is 10.2. The van der Waals surface area contributed by atoms with Gasteiger partial charge in [-0.1, -0.05) is 6.07 Å². The molecule has 0 saturated carbocycles. The number of hydrogen-bond acceptors (Lipinski definition) is 8. The minimum Gasteiger partial charge on any atom is -0.483 e. The number of nitrogens with two attached hydrogens (primary N) is 1. The lowest BCUT2D eigenvalue weighted by molar-refractivity contribution is -0.122. The van der Waals surface area contributed by atoms with Gasteiger partial charge in [0.15, 0.2) is 0 Å². The molecule has 1 unspecified atom stereocenters. The van der Waals surface area contributed by atoms with Gasteiger partial charge in [-0.2, -0.15) is 5.26 Å². The minimum absolute atomic E-state index is 0.0605. The maximum atomic E-state index is 9.18. The topological polar surface area (TPSA) is 125 Å². The van der Waals surface area contributed by atoms with Crippen molar-refractivity contribution >= 4 is 61.1 Å². The Morgan fingerprint density at radius 2 is 2.27 bits per heavy atom. The molecule has 7 nitrogen and oxygen atoms in total. The van der Waals surface area contributed by atoms with Crippen molar-refractivity contribution in [2.75, 3.05) is 5.32 Å². The first-order valence-electron chi connectivity index (χ1n) is 7.48. The zero-order chi connectivity index (χ0) is 19.1. The highest BCUT2D eigenvalue weighted by molar-refractivity contribution is 9.10. The molecule has 3 aromatic heterocycles. The second-order valence-electron chi connectivity index (χ2n) is 5.24. The Bertz CT molecular complexity index is 919. The molecular formula is C16H16BrN5O2S2. The molecular weight excluding hydrogens is 438 g/mol. The van der Waals surface area contributed by atoms with E-state index in [0.717, 1.165) is 26.0 Å². The van der Waals surface area contributed by atoms with E-state index >= 15 is 0 Å². The molecule has 4 N–H and O–H groups in total. The average molecular weight is 454 g/mol. The fraction of sp³-hybridized carbons (Fsp3) is 0.250. The molecule has 0 amide bonds. The molecule has 3 aromatic rings. The SMILES string of the molecule is CC(N)Cc1sc2c(NCc3cccs3)nc(C#N)nc2c1Br.O=CO.